The number of aryl methyl sites for hydroxylation is 2. The van der Waals surface area contributed by atoms with Gasteiger partial charge in [-0.05, 0) is 43.2 Å². The molecule has 2 N–H and O–H groups in total. The van der Waals surface area contributed by atoms with Gasteiger partial charge in [0.05, 0.1) is 5.56 Å². The van der Waals surface area contributed by atoms with Crippen molar-refractivity contribution < 1.29 is 9.90 Å². The number of benzene rings is 1. The summed E-state index contributed by atoms with van der Waals surface area (Å²) in [7, 11) is 0. The van der Waals surface area contributed by atoms with Crippen molar-refractivity contribution in [1.29, 1.82) is 0 Å². The van der Waals surface area contributed by atoms with E-state index in [0.29, 0.717) is 17.3 Å². The number of nitrogens with one attached hydrogen (secondary N) is 1. The van der Waals surface area contributed by atoms with Crippen LogP contribution in [0.15, 0.2) is 30.3 Å². The highest BCUT2D eigenvalue weighted by molar-refractivity contribution is 6.30. The third kappa shape index (κ3) is 3.27. The summed E-state index contributed by atoms with van der Waals surface area (Å²) in [5, 5.41) is 12.9. The van der Waals surface area contributed by atoms with Gasteiger partial charge in [-0.3, -0.25) is 0 Å². The lowest BCUT2D eigenvalue weighted by molar-refractivity contribution is 0.0696. The van der Waals surface area contributed by atoms with Crippen molar-refractivity contribution in [3.63, 3.8) is 0 Å². The van der Waals surface area contributed by atoms with Crippen LogP contribution in [0.1, 0.15) is 28.5 Å². The van der Waals surface area contributed by atoms with Crippen LogP contribution in [-0.2, 0) is 6.42 Å². The number of aromatic carboxylic acids is 1. The second-order valence-corrected chi connectivity index (χ2v) is 4.91. The van der Waals surface area contributed by atoms with E-state index in [-0.39, 0.29) is 5.56 Å². The third-order valence-corrected chi connectivity index (χ3v) is 3.19. The number of hydrogen-bond donors (Lipinski definition) is 2. The highest BCUT2D eigenvalue weighted by Crippen LogP contribution is 2.24. The van der Waals surface area contributed by atoms with Gasteiger partial charge in [0.1, 0.15) is 5.82 Å². The molecule has 0 bridgehead atoms. The van der Waals surface area contributed by atoms with Gasteiger partial charge in [0.25, 0.3) is 0 Å². The number of halogens is 1. The van der Waals surface area contributed by atoms with E-state index >= 15 is 0 Å². The van der Waals surface area contributed by atoms with E-state index in [4.69, 9.17) is 16.7 Å². The number of aromatic nitrogens is 1. The Morgan fingerprint density at radius 3 is 2.75 bits per heavy atom. The summed E-state index contributed by atoms with van der Waals surface area (Å²) in [6.07, 6.45) is 0.671. The quantitative estimate of drug-likeness (QED) is 0.892. The van der Waals surface area contributed by atoms with Crippen molar-refractivity contribution in [3.05, 3.63) is 52.2 Å². The Bertz CT molecular complexity index is 656. The molecule has 0 amide bonds. The van der Waals surface area contributed by atoms with Crippen LogP contribution < -0.4 is 5.32 Å². The molecule has 0 aliphatic rings. The summed E-state index contributed by atoms with van der Waals surface area (Å²) in [4.78, 5) is 15.5. The number of nitrogens with zero attached hydrogens (tertiary/aromatic N) is 1. The van der Waals surface area contributed by atoms with Crippen LogP contribution in [-0.4, -0.2) is 16.1 Å². The molecule has 0 spiro atoms. The largest absolute Gasteiger partial charge is 0.478 e. The second-order valence-electron chi connectivity index (χ2n) is 4.48. The molecule has 0 atom stereocenters. The van der Waals surface area contributed by atoms with Crippen molar-refractivity contribution >= 4 is 29.1 Å². The zero-order valence-corrected chi connectivity index (χ0v) is 12.0. The van der Waals surface area contributed by atoms with E-state index in [2.05, 4.69) is 10.3 Å². The lowest BCUT2D eigenvalue weighted by atomic mass is 10.1. The molecule has 2 rings (SSSR count). The fourth-order valence-corrected chi connectivity index (χ4v) is 2.00. The van der Waals surface area contributed by atoms with Gasteiger partial charge < -0.3 is 10.4 Å². The average Bonchev–Trinajstić information content (AvgIpc) is 2.42. The number of anilines is 2. The smallest absolute Gasteiger partial charge is 0.335 e. The summed E-state index contributed by atoms with van der Waals surface area (Å²) >= 11 is 5.97. The summed E-state index contributed by atoms with van der Waals surface area (Å²) in [6, 6.07) is 8.59. The summed E-state index contributed by atoms with van der Waals surface area (Å²) in [6.45, 7) is 3.88. The minimum Gasteiger partial charge on any atom is -0.478 e. The molecule has 1 heterocycles. The molecule has 0 radical (unpaired) electrons. The van der Waals surface area contributed by atoms with E-state index in [1.165, 1.54) is 6.07 Å². The molecule has 0 unspecified atom stereocenters. The fraction of sp³-hybridized carbons (Fsp3) is 0.200. The minimum atomic E-state index is -0.965. The summed E-state index contributed by atoms with van der Waals surface area (Å²) in [5.74, 6) is -0.458. The van der Waals surface area contributed by atoms with Crippen molar-refractivity contribution in [3.8, 4) is 0 Å². The molecule has 20 heavy (non-hydrogen) atoms. The summed E-state index contributed by atoms with van der Waals surface area (Å²) in [5.41, 5.74) is 2.77. The number of carboxylic acid groups (broad SMARTS) is 1. The van der Waals surface area contributed by atoms with Crippen LogP contribution >= 0.6 is 11.6 Å². The van der Waals surface area contributed by atoms with E-state index in [0.717, 1.165) is 16.9 Å². The molecule has 0 saturated carbocycles. The maximum absolute atomic E-state index is 11.1. The first-order chi connectivity index (χ1) is 9.49. The molecule has 104 valence electrons. The maximum atomic E-state index is 11.1. The van der Waals surface area contributed by atoms with Crippen LogP contribution in [0.5, 0.6) is 0 Å². The molecule has 5 heteroatoms. The third-order valence-electron chi connectivity index (χ3n) is 2.95. The van der Waals surface area contributed by atoms with Gasteiger partial charge in [0, 0.05) is 16.4 Å². The Kier molecular flexibility index (Phi) is 4.25. The van der Waals surface area contributed by atoms with Crippen LogP contribution in [0.2, 0.25) is 5.02 Å². The Morgan fingerprint density at radius 1 is 1.35 bits per heavy atom. The lowest BCUT2D eigenvalue weighted by Gasteiger charge is -2.11. The van der Waals surface area contributed by atoms with Crippen molar-refractivity contribution in [1.82, 2.24) is 4.98 Å². The predicted octanol–water partition coefficient (Wildman–Crippen LogP) is 4.05. The Labute approximate surface area is 122 Å². The number of carboxylic acids is 1. The standard InChI is InChI=1S/C15H15ClN2O2/c1-3-12-6-10(15(19)20)7-14(17-12)18-13-8-11(16)5-4-9(13)2/h4-8H,3H2,1-2H3,(H,17,18)(H,19,20). The Balaban J connectivity index is 2.39. The normalized spacial score (nSPS) is 10.3. The molecule has 4 nitrogen and oxygen atoms in total. The zero-order valence-electron chi connectivity index (χ0n) is 11.3. The first-order valence-corrected chi connectivity index (χ1v) is 6.65. The number of hydrogen-bond acceptors (Lipinski definition) is 3. The Morgan fingerprint density at radius 2 is 2.10 bits per heavy atom. The highest BCUT2D eigenvalue weighted by atomic mass is 35.5. The van der Waals surface area contributed by atoms with Gasteiger partial charge in [0.2, 0.25) is 0 Å². The average molecular weight is 291 g/mol. The fourth-order valence-electron chi connectivity index (χ4n) is 1.82. The van der Waals surface area contributed by atoms with Crippen molar-refractivity contribution in [2.45, 2.75) is 20.3 Å². The van der Waals surface area contributed by atoms with Gasteiger partial charge in [-0.15, -0.1) is 0 Å². The first-order valence-electron chi connectivity index (χ1n) is 6.27. The molecule has 1 aromatic carbocycles. The highest BCUT2D eigenvalue weighted by Gasteiger charge is 2.09. The van der Waals surface area contributed by atoms with Crippen LogP contribution in [0.25, 0.3) is 0 Å². The molecular weight excluding hydrogens is 276 g/mol. The van der Waals surface area contributed by atoms with Crippen LogP contribution in [0, 0.1) is 6.92 Å². The number of rotatable bonds is 4. The molecule has 2 aromatic rings. The monoisotopic (exact) mass is 290 g/mol. The van der Waals surface area contributed by atoms with Gasteiger partial charge in [0.15, 0.2) is 0 Å². The van der Waals surface area contributed by atoms with Crippen molar-refractivity contribution in [2.75, 3.05) is 5.32 Å². The van der Waals surface area contributed by atoms with Gasteiger partial charge in [-0.1, -0.05) is 24.6 Å². The maximum Gasteiger partial charge on any atom is 0.335 e. The number of carbonyl (C=O) groups is 1. The number of pyridine rings is 1. The second kappa shape index (κ2) is 5.92. The van der Waals surface area contributed by atoms with E-state index in [9.17, 15) is 4.79 Å². The molecule has 0 aliphatic carbocycles. The van der Waals surface area contributed by atoms with Crippen LogP contribution in [0.3, 0.4) is 0 Å². The zero-order chi connectivity index (χ0) is 14.7. The van der Waals surface area contributed by atoms with Crippen LogP contribution in [0.4, 0.5) is 11.5 Å². The molecule has 0 fully saturated rings. The van der Waals surface area contributed by atoms with Gasteiger partial charge in [-0.25, -0.2) is 9.78 Å². The lowest BCUT2D eigenvalue weighted by Crippen LogP contribution is -2.04. The topological polar surface area (TPSA) is 62.2 Å². The first kappa shape index (κ1) is 14.3. The SMILES string of the molecule is CCc1cc(C(=O)O)cc(Nc2cc(Cl)ccc2C)n1. The van der Waals surface area contributed by atoms with Gasteiger partial charge in [-0.2, -0.15) is 0 Å². The van der Waals surface area contributed by atoms with Crippen molar-refractivity contribution in [2.24, 2.45) is 0 Å². The predicted molar refractivity (Wildman–Crippen MR) is 80.0 cm³/mol. The summed E-state index contributed by atoms with van der Waals surface area (Å²) < 4.78 is 0. The van der Waals surface area contributed by atoms with E-state index in [1.807, 2.05) is 19.9 Å². The molecule has 0 saturated heterocycles. The molecule has 0 aliphatic heterocycles. The minimum absolute atomic E-state index is 0.221. The van der Waals surface area contributed by atoms with E-state index < -0.39 is 5.97 Å². The van der Waals surface area contributed by atoms with E-state index in [1.54, 1.807) is 18.2 Å². The molecular formula is C15H15ClN2O2. The molecule has 1 aromatic heterocycles. The Hall–Kier alpha value is -2.07. The van der Waals surface area contributed by atoms with Gasteiger partial charge >= 0.3 is 5.97 Å².